The summed E-state index contributed by atoms with van der Waals surface area (Å²) in [6, 6.07) is 7.89. The first-order valence-corrected chi connectivity index (χ1v) is 9.22. The van der Waals surface area contributed by atoms with Gasteiger partial charge in [0.2, 0.25) is 0 Å². The van der Waals surface area contributed by atoms with Crippen LogP contribution >= 0.6 is 0 Å². The number of para-hydroxylation sites is 1. The van der Waals surface area contributed by atoms with Gasteiger partial charge in [-0.05, 0) is 49.1 Å². The number of hydrogen-bond acceptors (Lipinski definition) is 3. The molecule has 1 fully saturated rings. The zero-order chi connectivity index (χ0) is 18.2. The van der Waals surface area contributed by atoms with Gasteiger partial charge in [0.15, 0.2) is 6.61 Å². The predicted molar refractivity (Wildman–Crippen MR) is 96.8 cm³/mol. The molecule has 5 nitrogen and oxygen atoms in total. The number of nitrogens with zero attached hydrogens (tertiary/aromatic N) is 1. The van der Waals surface area contributed by atoms with Gasteiger partial charge in [0.1, 0.15) is 5.75 Å². The number of ether oxygens (including phenoxy) is 1. The highest BCUT2D eigenvalue weighted by Gasteiger charge is 2.24. The Morgan fingerprint density at radius 2 is 2.12 bits per heavy atom. The third kappa shape index (κ3) is 5.76. The van der Waals surface area contributed by atoms with Crippen LogP contribution in [0.25, 0.3) is 0 Å². The molecule has 1 aromatic rings. The summed E-state index contributed by atoms with van der Waals surface area (Å²) >= 11 is 0. The van der Waals surface area contributed by atoms with E-state index < -0.39 is 5.97 Å². The summed E-state index contributed by atoms with van der Waals surface area (Å²) < 4.78 is 5.82. The molecule has 2 rings (SSSR count). The molecule has 0 aromatic heterocycles. The van der Waals surface area contributed by atoms with Crippen molar-refractivity contribution < 1.29 is 19.4 Å². The largest absolute Gasteiger partial charge is 0.483 e. The second kappa shape index (κ2) is 9.44. The number of aliphatic carboxylic acids is 1. The van der Waals surface area contributed by atoms with Crippen molar-refractivity contribution in [1.29, 1.82) is 0 Å². The fourth-order valence-electron chi connectivity index (χ4n) is 3.32. The van der Waals surface area contributed by atoms with E-state index in [4.69, 9.17) is 9.84 Å². The Balaban J connectivity index is 1.89. The minimum Gasteiger partial charge on any atom is -0.483 e. The van der Waals surface area contributed by atoms with Gasteiger partial charge in [0.05, 0.1) is 0 Å². The minimum absolute atomic E-state index is 0.0148. The molecule has 1 aliphatic rings. The lowest BCUT2D eigenvalue weighted by atomic mass is 9.93. The van der Waals surface area contributed by atoms with Crippen molar-refractivity contribution in [3.8, 4) is 5.75 Å². The Morgan fingerprint density at radius 3 is 2.84 bits per heavy atom. The molecule has 2 unspecified atom stereocenters. The Morgan fingerprint density at radius 1 is 1.36 bits per heavy atom. The summed E-state index contributed by atoms with van der Waals surface area (Å²) in [5.41, 5.74) is 1.13. The smallest absolute Gasteiger partial charge is 0.303 e. The lowest BCUT2D eigenvalue weighted by molar-refractivity contribution is -0.137. The van der Waals surface area contributed by atoms with E-state index in [1.54, 1.807) is 0 Å². The minimum atomic E-state index is -0.770. The van der Waals surface area contributed by atoms with E-state index in [0.717, 1.165) is 37.1 Å². The topological polar surface area (TPSA) is 66.8 Å². The van der Waals surface area contributed by atoms with Gasteiger partial charge in [0, 0.05) is 19.5 Å². The monoisotopic (exact) mass is 347 g/mol. The zero-order valence-electron chi connectivity index (χ0n) is 15.2. The molecule has 0 bridgehead atoms. The van der Waals surface area contributed by atoms with Gasteiger partial charge in [0.25, 0.3) is 5.91 Å². The van der Waals surface area contributed by atoms with Crippen molar-refractivity contribution in [3.05, 3.63) is 29.8 Å². The molecule has 2 atom stereocenters. The zero-order valence-corrected chi connectivity index (χ0v) is 15.2. The molecular weight excluding hydrogens is 318 g/mol. The molecule has 0 spiro atoms. The highest BCUT2D eigenvalue weighted by molar-refractivity contribution is 5.78. The fourth-order valence-corrected chi connectivity index (χ4v) is 3.32. The van der Waals surface area contributed by atoms with Crippen LogP contribution in [0.5, 0.6) is 5.75 Å². The van der Waals surface area contributed by atoms with E-state index in [0.29, 0.717) is 18.9 Å². The standard InChI is InChI=1S/C20H29NO4/c1-3-15(2)17-8-4-5-9-18(17)25-14-19(22)21-12-6-7-16(13-21)10-11-20(23)24/h4-5,8-9,15-16H,3,6-7,10-14H2,1-2H3,(H,23,24). The maximum atomic E-state index is 12.5. The molecular formula is C20H29NO4. The molecule has 0 radical (unpaired) electrons. The highest BCUT2D eigenvalue weighted by atomic mass is 16.5. The first kappa shape index (κ1) is 19.3. The first-order chi connectivity index (χ1) is 12.0. The number of benzene rings is 1. The van der Waals surface area contributed by atoms with E-state index in [9.17, 15) is 9.59 Å². The van der Waals surface area contributed by atoms with Crippen molar-refractivity contribution >= 4 is 11.9 Å². The Hall–Kier alpha value is -2.04. The van der Waals surface area contributed by atoms with Crippen molar-refractivity contribution in [2.45, 2.75) is 51.9 Å². The molecule has 0 aliphatic carbocycles. The van der Waals surface area contributed by atoms with Crippen LogP contribution in [0.15, 0.2) is 24.3 Å². The van der Waals surface area contributed by atoms with E-state index in [-0.39, 0.29) is 24.9 Å². The van der Waals surface area contributed by atoms with Crippen LogP contribution in [0.2, 0.25) is 0 Å². The number of carboxylic acids is 1. The average molecular weight is 347 g/mol. The number of carbonyl (C=O) groups excluding carboxylic acids is 1. The van der Waals surface area contributed by atoms with Gasteiger partial charge in [-0.25, -0.2) is 0 Å². The molecule has 1 aliphatic heterocycles. The van der Waals surface area contributed by atoms with Gasteiger partial charge in [-0.2, -0.15) is 0 Å². The van der Waals surface area contributed by atoms with Crippen LogP contribution in [0.1, 0.15) is 57.4 Å². The van der Waals surface area contributed by atoms with Gasteiger partial charge in [-0.1, -0.05) is 32.0 Å². The second-order valence-corrected chi connectivity index (χ2v) is 6.92. The normalized spacial score (nSPS) is 18.6. The summed E-state index contributed by atoms with van der Waals surface area (Å²) in [6.45, 7) is 5.71. The lowest BCUT2D eigenvalue weighted by Crippen LogP contribution is -2.42. The Kier molecular flexibility index (Phi) is 7.29. The van der Waals surface area contributed by atoms with Crippen LogP contribution in [0, 0.1) is 5.92 Å². The molecule has 0 saturated carbocycles. The number of carboxylic acid groups (broad SMARTS) is 1. The van der Waals surface area contributed by atoms with Crippen LogP contribution < -0.4 is 4.74 Å². The third-order valence-corrected chi connectivity index (χ3v) is 5.05. The van der Waals surface area contributed by atoms with Crippen LogP contribution in [-0.2, 0) is 9.59 Å². The van der Waals surface area contributed by atoms with E-state index >= 15 is 0 Å². The SMILES string of the molecule is CCC(C)c1ccccc1OCC(=O)N1CCCC(CCC(=O)O)C1. The molecule has 1 N–H and O–H groups in total. The molecule has 1 heterocycles. The summed E-state index contributed by atoms with van der Waals surface area (Å²) in [5.74, 6) is 0.667. The van der Waals surface area contributed by atoms with Crippen molar-refractivity contribution in [1.82, 2.24) is 4.90 Å². The van der Waals surface area contributed by atoms with E-state index in [2.05, 4.69) is 19.9 Å². The van der Waals surface area contributed by atoms with Crippen molar-refractivity contribution in [2.75, 3.05) is 19.7 Å². The molecule has 138 valence electrons. The van der Waals surface area contributed by atoms with Crippen molar-refractivity contribution in [2.24, 2.45) is 5.92 Å². The number of hydrogen-bond donors (Lipinski definition) is 1. The van der Waals surface area contributed by atoms with Crippen LogP contribution in [-0.4, -0.2) is 41.6 Å². The number of rotatable bonds is 8. The second-order valence-electron chi connectivity index (χ2n) is 6.92. The summed E-state index contributed by atoms with van der Waals surface area (Å²) in [7, 11) is 0. The fraction of sp³-hybridized carbons (Fsp3) is 0.600. The Bertz CT molecular complexity index is 587. The molecule has 5 heteroatoms. The number of likely N-dealkylation sites (tertiary alicyclic amines) is 1. The Labute approximate surface area is 150 Å². The number of amides is 1. The molecule has 1 aromatic carbocycles. The van der Waals surface area contributed by atoms with Crippen LogP contribution in [0.4, 0.5) is 0 Å². The summed E-state index contributed by atoms with van der Waals surface area (Å²) in [6.07, 6.45) is 3.75. The highest BCUT2D eigenvalue weighted by Crippen LogP contribution is 2.28. The third-order valence-electron chi connectivity index (χ3n) is 5.05. The van der Waals surface area contributed by atoms with Gasteiger partial charge < -0.3 is 14.7 Å². The summed E-state index contributed by atoms with van der Waals surface area (Å²) in [4.78, 5) is 25.0. The summed E-state index contributed by atoms with van der Waals surface area (Å²) in [5, 5.41) is 8.82. The quantitative estimate of drug-likeness (QED) is 0.779. The van der Waals surface area contributed by atoms with Gasteiger partial charge in [-0.15, -0.1) is 0 Å². The van der Waals surface area contributed by atoms with Crippen molar-refractivity contribution in [3.63, 3.8) is 0 Å². The first-order valence-electron chi connectivity index (χ1n) is 9.22. The maximum Gasteiger partial charge on any atom is 0.303 e. The molecule has 1 amide bonds. The lowest BCUT2D eigenvalue weighted by Gasteiger charge is -2.32. The molecule has 1 saturated heterocycles. The van der Waals surface area contributed by atoms with Gasteiger partial charge >= 0.3 is 5.97 Å². The number of piperidine rings is 1. The van der Waals surface area contributed by atoms with Crippen LogP contribution in [0.3, 0.4) is 0 Å². The number of carbonyl (C=O) groups is 2. The predicted octanol–water partition coefficient (Wildman–Crippen LogP) is 3.68. The molecule has 25 heavy (non-hydrogen) atoms. The van der Waals surface area contributed by atoms with E-state index in [1.807, 2.05) is 23.1 Å². The maximum absolute atomic E-state index is 12.5. The van der Waals surface area contributed by atoms with E-state index in [1.165, 1.54) is 0 Å². The average Bonchev–Trinajstić information content (AvgIpc) is 2.64. The van der Waals surface area contributed by atoms with Gasteiger partial charge in [-0.3, -0.25) is 9.59 Å².